The smallest absolute Gasteiger partial charge is 0.0716 e. The molecule has 772 valence electrons. The van der Waals surface area contributed by atoms with Gasteiger partial charge >= 0.3 is 0 Å². The Labute approximate surface area is 824 Å². The highest BCUT2D eigenvalue weighted by atomic mass is 16.5. The summed E-state index contributed by atoms with van der Waals surface area (Å²) in [4.78, 5) is 5.06. The molecule has 38 aliphatic rings. The second-order valence-electron chi connectivity index (χ2n) is 48.7. The van der Waals surface area contributed by atoms with Crippen LogP contribution in [0.1, 0.15) is 286 Å². The number of nitrogens with one attached hydrogen (secondary N) is 18. The van der Waals surface area contributed by atoms with Crippen LogP contribution in [-0.4, -0.2) is 334 Å². The first-order chi connectivity index (χ1) is 67.1. The van der Waals surface area contributed by atoms with E-state index in [-0.39, 0.29) is 0 Å². The van der Waals surface area contributed by atoms with E-state index in [1.54, 1.807) is 11.1 Å². The lowest BCUT2D eigenvalue weighted by atomic mass is 9.72. The maximum absolute atomic E-state index is 5.53. The number of ether oxygens (including phenoxy) is 5. The quantitative estimate of drug-likeness (QED) is 0.108. The normalized spacial score (nSPS) is 44.3. The zero-order chi connectivity index (χ0) is 91.5. The third kappa shape index (κ3) is 32.7. The summed E-state index contributed by atoms with van der Waals surface area (Å²) < 4.78 is 27.0. The first-order valence-electron chi connectivity index (χ1n) is 58.6. The van der Waals surface area contributed by atoms with Crippen LogP contribution in [-0.2, 0) is 23.7 Å². The summed E-state index contributed by atoms with van der Waals surface area (Å²) in [5.74, 6) is 10.4. The van der Waals surface area contributed by atoms with Crippen molar-refractivity contribution in [3.8, 4) is 0 Å². The molecule has 0 aromatic heterocycles. The van der Waals surface area contributed by atoms with Crippen molar-refractivity contribution in [1.29, 1.82) is 0 Å². The van der Waals surface area contributed by atoms with Crippen molar-refractivity contribution in [2.24, 2.45) is 53.3 Å². The minimum absolute atomic E-state index is 0.542. The Kier molecular flexibility index (Phi) is 41.2. The molecule has 30 atom stereocenters. The molecule has 6 saturated carbocycles. The highest BCUT2D eigenvalue weighted by molar-refractivity contribution is 5.38. The Hall–Kier alpha value is -2.04. The van der Waals surface area contributed by atoms with Crippen LogP contribution in [0.15, 0.2) is 36.4 Å². The highest BCUT2D eigenvalue weighted by Gasteiger charge is 2.40. The lowest BCUT2D eigenvalue weighted by molar-refractivity contribution is -0.0385. The molecule has 31 heterocycles. The SMILES string of the molecule is C1=CC2CNCC1N2.C1CC2CC1CN2.C1CC2CCC(C1)N2.C1CC2CCC(C2)N1.C1CC2CCC1CN2.C1CC2CCN(C1)C2.C1CC2CNC(C1)C2.C1CC2CNC1CO2.C1CC2CNCC1C2.C1CC2CNCC1N2.C1CC2CNCC1O2.C1CC2COCC1N2.C1CN2CCC(C2)O1.C1NC2CNC1C2.C1NCC2CC1C2.C1OC2CNC1C2.c1ccc2c(c1)C1CCC2NC1. The first-order valence-corrected chi connectivity index (χ1v) is 58.6. The van der Waals surface area contributed by atoms with Gasteiger partial charge in [-0.3, -0.25) is 4.90 Å². The molecule has 0 amide bonds. The molecule has 18 N–H and O–H groups in total. The van der Waals surface area contributed by atoms with Crippen LogP contribution in [0.5, 0.6) is 0 Å². The number of nitrogens with zero attached hydrogens (tertiary/aromatic N) is 2. The number of morpholine rings is 5. The van der Waals surface area contributed by atoms with Crippen LogP contribution in [0, 0.1) is 53.3 Å². The largest absolute Gasteiger partial charge is 0.378 e. The number of hydrogen-bond donors (Lipinski definition) is 18. The van der Waals surface area contributed by atoms with Crippen molar-refractivity contribution in [2.45, 2.75) is 402 Å². The molecule has 31 aliphatic heterocycles. The number of hydrogen-bond acceptors (Lipinski definition) is 25. The van der Waals surface area contributed by atoms with Gasteiger partial charge in [0.05, 0.1) is 63.6 Å². The average molecular weight is 1890 g/mol. The lowest BCUT2D eigenvalue weighted by Crippen LogP contribution is -2.51. The van der Waals surface area contributed by atoms with Crippen LogP contribution >= 0.6 is 0 Å². The van der Waals surface area contributed by atoms with Gasteiger partial charge in [0.15, 0.2) is 0 Å². The number of benzene rings is 1. The molecule has 29 saturated heterocycles. The fraction of sp³-hybridized carbons (Fsp3) is 0.928. The fourth-order valence-electron chi connectivity index (χ4n) is 29.5. The van der Waals surface area contributed by atoms with Crippen molar-refractivity contribution in [2.75, 3.05) is 197 Å². The van der Waals surface area contributed by atoms with Gasteiger partial charge in [-0.15, -0.1) is 0 Å². The second kappa shape index (κ2) is 54.6. The average Bonchev–Trinajstić information content (AvgIpc) is 1.77. The van der Waals surface area contributed by atoms with E-state index in [9.17, 15) is 0 Å². The van der Waals surface area contributed by atoms with Gasteiger partial charge in [-0.2, -0.15) is 0 Å². The Morgan fingerprint density at radius 3 is 1.21 bits per heavy atom. The molecule has 34 bridgehead atoms. The predicted octanol–water partition coefficient (Wildman–Crippen LogP) is 9.19. The number of rotatable bonds is 0. The van der Waals surface area contributed by atoms with Gasteiger partial charge in [-0.05, 0) is 386 Å². The summed E-state index contributed by atoms with van der Waals surface area (Å²) in [6.45, 7) is 35.5. The maximum atomic E-state index is 5.53. The Balaban J connectivity index is 0.0000000928. The zero-order valence-corrected chi connectivity index (χ0v) is 85.1. The summed E-state index contributed by atoms with van der Waals surface area (Å²) in [5, 5.41) is 61.9. The molecule has 1 aromatic carbocycles. The van der Waals surface area contributed by atoms with E-state index < -0.39 is 0 Å². The standard InChI is InChI=1S/C11H13N.6C7H13N.C6H12N2.C6H10N2.4C6H11NO.2C6H11N.C5H10N2.C5H9NO/c1-2-4-10-9(3-1)8-5-6-11(10)12-7-8;1-3-7-4-2-6(1)5-8-7;1-2-7-3-6(1)4-8-5-7;1-2-7-5-6(1)3-4-8-7;1-2-7-3-5-8(4-1)6-7;1-2-6-4-7(3-1)8-5-6;1-2-6-4-5-7(3-1)8-6;2*1-2-6-4-7-3-5(1)8-6;1-2-6-3-7-5(1)4-8-6;1-2-6-4-8-3-5(1)7-6;1-2-6-4-7-3-5(1)8-6;1-2-7-3-4-8-6(1)5-7;1-5-2-6(1)4-7-3-5;1-2-6-3-5(1)4-7-6;1-4-2-6-5(1)3-7-4;1-4-3-7-5(1)2-6-4/h1-4,8,11-12H,5-7H2;3*6-8H,1-5H2;7H,1-6H2;2*6-8H,1-5H2;5-8H,1-4H2;1-2,5-8H,3-4H2;3*5-7H,1-4H2;6H,1-5H2;2*5-7H,1-4H2;4-7H,1-3H2;4-6H,1-3H2. The molecule has 0 radical (unpaired) electrons. The van der Waals surface area contributed by atoms with Crippen LogP contribution in [0.2, 0.25) is 0 Å². The lowest BCUT2D eigenvalue weighted by Gasteiger charge is -2.41. The summed E-state index contributed by atoms with van der Waals surface area (Å²) >= 11 is 0. The summed E-state index contributed by atoms with van der Waals surface area (Å²) in [7, 11) is 0. The van der Waals surface area contributed by atoms with Gasteiger partial charge < -0.3 is 124 Å². The van der Waals surface area contributed by atoms with Gasteiger partial charge in [0.25, 0.3) is 0 Å². The molecule has 7 aliphatic carbocycles. The van der Waals surface area contributed by atoms with E-state index in [4.69, 9.17) is 23.7 Å². The molecule has 0 spiro atoms. The van der Waals surface area contributed by atoms with Crippen molar-refractivity contribution >= 4 is 0 Å². The van der Waals surface area contributed by atoms with Crippen molar-refractivity contribution in [3.63, 3.8) is 0 Å². The Bertz CT molecular complexity index is 2780. The molecule has 25 heteroatoms. The van der Waals surface area contributed by atoms with E-state index >= 15 is 0 Å². The van der Waals surface area contributed by atoms with Crippen LogP contribution < -0.4 is 95.7 Å². The van der Waals surface area contributed by atoms with Crippen LogP contribution in [0.25, 0.3) is 0 Å². The summed E-state index contributed by atoms with van der Waals surface area (Å²) in [5.41, 5.74) is 3.16. The van der Waals surface area contributed by atoms with Crippen molar-refractivity contribution in [1.82, 2.24) is 106 Å². The van der Waals surface area contributed by atoms with E-state index in [2.05, 4.69) is 142 Å². The molecular formula is C111H198N20O5. The third-order valence-electron chi connectivity index (χ3n) is 38.0. The molecule has 39 rings (SSSR count). The number of piperazine rings is 3. The Morgan fingerprint density at radius 2 is 0.750 bits per heavy atom. The topological polar surface area (TPSA) is 269 Å². The third-order valence-corrected chi connectivity index (χ3v) is 38.0. The van der Waals surface area contributed by atoms with E-state index in [0.717, 1.165) is 198 Å². The summed E-state index contributed by atoms with van der Waals surface area (Å²) in [6.07, 6.45) is 65.8. The molecular weight excluding hydrogens is 1690 g/mol. The molecule has 136 heavy (non-hydrogen) atoms. The second-order valence-corrected chi connectivity index (χ2v) is 48.7. The van der Waals surface area contributed by atoms with Gasteiger partial charge in [0.1, 0.15) is 0 Å². The molecule has 25 nitrogen and oxygen atoms in total. The van der Waals surface area contributed by atoms with Gasteiger partial charge in [0, 0.05) is 201 Å². The first kappa shape index (κ1) is 103. The molecule has 1 aromatic rings. The highest BCUT2D eigenvalue weighted by Crippen LogP contribution is 2.42. The monoisotopic (exact) mass is 1890 g/mol. The van der Waals surface area contributed by atoms with Crippen LogP contribution in [0.4, 0.5) is 0 Å². The van der Waals surface area contributed by atoms with Crippen molar-refractivity contribution < 1.29 is 23.7 Å². The van der Waals surface area contributed by atoms with E-state index in [1.807, 2.05) is 0 Å². The number of piperidine rings is 11. The Morgan fingerprint density at radius 1 is 0.243 bits per heavy atom. The molecule has 35 fully saturated rings. The fourth-order valence-corrected chi connectivity index (χ4v) is 29.5. The van der Waals surface area contributed by atoms with Gasteiger partial charge in [-0.1, -0.05) is 49.3 Å². The summed E-state index contributed by atoms with van der Waals surface area (Å²) in [6, 6.07) is 22.2. The van der Waals surface area contributed by atoms with Gasteiger partial charge in [-0.25, -0.2) is 0 Å². The van der Waals surface area contributed by atoms with Crippen molar-refractivity contribution in [3.05, 3.63) is 47.5 Å². The zero-order valence-electron chi connectivity index (χ0n) is 85.1. The number of fused-ring (bicyclic) bond motifs is 36. The predicted molar refractivity (Wildman–Crippen MR) is 553 cm³/mol. The van der Waals surface area contributed by atoms with E-state index in [0.29, 0.717) is 72.8 Å². The van der Waals surface area contributed by atoms with Crippen LogP contribution in [0.3, 0.4) is 0 Å². The molecule has 30 unspecified atom stereocenters. The van der Waals surface area contributed by atoms with E-state index in [1.165, 1.54) is 381 Å². The minimum atomic E-state index is 0.542. The maximum Gasteiger partial charge on any atom is 0.0716 e. The minimum Gasteiger partial charge on any atom is -0.378 e. The van der Waals surface area contributed by atoms with Gasteiger partial charge in [0.2, 0.25) is 0 Å².